The van der Waals surface area contributed by atoms with Crippen LogP contribution >= 0.6 is 11.6 Å². The Morgan fingerprint density at radius 2 is 1.95 bits per heavy atom. The summed E-state index contributed by atoms with van der Waals surface area (Å²) in [5.41, 5.74) is 3.17. The number of benzene rings is 2. The van der Waals surface area contributed by atoms with Gasteiger partial charge in [-0.25, -0.2) is 0 Å². The van der Waals surface area contributed by atoms with E-state index in [1.807, 2.05) is 36.4 Å². The Hall–Kier alpha value is -2.33. The predicted octanol–water partition coefficient (Wildman–Crippen LogP) is 4.56. The van der Waals surface area contributed by atoms with Crippen LogP contribution in [0.25, 0.3) is 11.5 Å². The molecule has 3 rings (SSSR count). The molecule has 0 fully saturated rings. The average molecular weight is 314 g/mol. The van der Waals surface area contributed by atoms with Gasteiger partial charge in [0.1, 0.15) is 0 Å². The third-order valence-corrected chi connectivity index (χ3v) is 3.60. The van der Waals surface area contributed by atoms with Crippen molar-refractivity contribution < 1.29 is 4.42 Å². The normalized spacial score (nSPS) is 10.6. The van der Waals surface area contributed by atoms with Gasteiger partial charge in [-0.1, -0.05) is 42.8 Å². The minimum absolute atomic E-state index is 0.475. The molecule has 0 amide bonds. The SMILES string of the molecule is CCc1ccccc1NCc1nnc(-c2cccc(Cl)c2)o1. The van der Waals surface area contributed by atoms with Crippen LogP contribution < -0.4 is 5.32 Å². The lowest BCUT2D eigenvalue weighted by atomic mass is 10.1. The lowest BCUT2D eigenvalue weighted by molar-refractivity contribution is 0.515. The summed E-state index contributed by atoms with van der Waals surface area (Å²) in [5, 5.41) is 12.1. The Kier molecular flexibility index (Phi) is 4.39. The van der Waals surface area contributed by atoms with Crippen LogP contribution in [-0.2, 0) is 13.0 Å². The van der Waals surface area contributed by atoms with Crippen molar-refractivity contribution in [3.63, 3.8) is 0 Å². The molecule has 4 nitrogen and oxygen atoms in total. The van der Waals surface area contributed by atoms with Crippen molar-refractivity contribution in [2.75, 3.05) is 5.32 Å². The van der Waals surface area contributed by atoms with E-state index in [1.54, 1.807) is 6.07 Å². The van der Waals surface area contributed by atoms with Gasteiger partial charge >= 0.3 is 0 Å². The second-order valence-corrected chi connectivity index (χ2v) is 5.31. The van der Waals surface area contributed by atoms with E-state index in [4.69, 9.17) is 16.0 Å². The van der Waals surface area contributed by atoms with E-state index in [2.05, 4.69) is 28.5 Å². The van der Waals surface area contributed by atoms with Crippen LogP contribution in [-0.4, -0.2) is 10.2 Å². The highest BCUT2D eigenvalue weighted by atomic mass is 35.5. The third kappa shape index (κ3) is 3.28. The molecule has 0 spiro atoms. The number of para-hydroxylation sites is 1. The first-order chi connectivity index (χ1) is 10.8. The molecule has 2 aromatic carbocycles. The number of rotatable bonds is 5. The summed E-state index contributed by atoms with van der Waals surface area (Å²) in [6.45, 7) is 2.62. The van der Waals surface area contributed by atoms with E-state index in [-0.39, 0.29) is 0 Å². The lowest BCUT2D eigenvalue weighted by Gasteiger charge is -2.08. The van der Waals surface area contributed by atoms with Gasteiger partial charge in [0.05, 0.1) is 6.54 Å². The number of nitrogens with one attached hydrogen (secondary N) is 1. The fraction of sp³-hybridized carbons (Fsp3) is 0.176. The zero-order valence-corrected chi connectivity index (χ0v) is 13.0. The van der Waals surface area contributed by atoms with Gasteiger partial charge in [0, 0.05) is 16.3 Å². The van der Waals surface area contributed by atoms with E-state index < -0.39 is 0 Å². The monoisotopic (exact) mass is 313 g/mol. The molecule has 0 saturated heterocycles. The van der Waals surface area contributed by atoms with Gasteiger partial charge in [-0.2, -0.15) is 0 Å². The molecule has 0 bridgehead atoms. The first-order valence-corrected chi connectivity index (χ1v) is 7.54. The van der Waals surface area contributed by atoms with Crippen molar-refractivity contribution in [1.29, 1.82) is 0 Å². The second-order valence-electron chi connectivity index (χ2n) is 4.88. The van der Waals surface area contributed by atoms with Crippen LogP contribution in [0, 0.1) is 0 Å². The van der Waals surface area contributed by atoms with E-state index in [1.165, 1.54) is 5.56 Å². The molecule has 0 saturated carbocycles. The number of aryl methyl sites for hydroxylation is 1. The van der Waals surface area contributed by atoms with E-state index >= 15 is 0 Å². The number of halogens is 1. The van der Waals surface area contributed by atoms with Crippen molar-refractivity contribution in [3.05, 3.63) is 65.0 Å². The van der Waals surface area contributed by atoms with Gasteiger partial charge in [-0.15, -0.1) is 10.2 Å². The predicted molar refractivity (Wildman–Crippen MR) is 87.9 cm³/mol. The third-order valence-electron chi connectivity index (χ3n) is 3.37. The summed E-state index contributed by atoms with van der Waals surface area (Å²) in [7, 11) is 0. The molecule has 3 aromatic rings. The number of anilines is 1. The number of nitrogens with zero attached hydrogens (tertiary/aromatic N) is 2. The summed E-state index contributed by atoms with van der Waals surface area (Å²) in [6, 6.07) is 15.6. The maximum absolute atomic E-state index is 5.97. The zero-order chi connectivity index (χ0) is 15.4. The second kappa shape index (κ2) is 6.62. The summed E-state index contributed by atoms with van der Waals surface area (Å²) in [4.78, 5) is 0. The van der Waals surface area contributed by atoms with Crippen LogP contribution in [0.5, 0.6) is 0 Å². The van der Waals surface area contributed by atoms with Crippen molar-refractivity contribution in [2.24, 2.45) is 0 Å². The zero-order valence-electron chi connectivity index (χ0n) is 12.2. The fourth-order valence-electron chi connectivity index (χ4n) is 2.24. The van der Waals surface area contributed by atoms with Crippen LogP contribution in [0.2, 0.25) is 5.02 Å². The van der Waals surface area contributed by atoms with Crippen molar-refractivity contribution in [3.8, 4) is 11.5 Å². The smallest absolute Gasteiger partial charge is 0.247 e. The highest BCUT2D eigenvalue weighted by molar-refractivity contribution is 6.30. The van der Waals surface area contributed by atoms with E-state index in [0.29, 0.717) is 23.3 Å². The summed E-state index contributed by atoms with van der Waals surface area (Å²) in [6.07, 6.45) is 0.973. The highest BCUT2D eigenvalue weighted by Crippen LogP contribution is 2.22. The summed E-state index contributed by atoms with van der Waals surface area (Å²) >= 11 is 5.97. The Morgan fingerprint density at radius 1 is 1.09 bits per heavy atom. The van der Waals surface area contributed by atoms with Crippen LogP contribution in [0.1, 0.15) is 18.4 Å². The minimum Gasteiger partial charge on any atom is -0.419 e. The van der Waals surface area contributed by atoms with E-state index in [0.717, 1.165) is 17.7 Å². The summed E-state index contributed by atoms with van der Waals surface area (Å²) in [5.74, 6) is 1.02. The van der Waals surface area contributed by atoms with Gasteiger partial charge in [0.25, 0.3) is 0 Å². The first-order valence-electron chi connectivity index (χ1n) is 7.16. The molecule has 5 heteroatoms. The van der Waals surface area contributed by atoms with Crippen molar-refractivity contribution >= 4 is 17.3 Å². The molecule has 0 radical (unpaired) electrons. The number of hydrogen-bond donors (Lipinski definition) is 1. The standard InChI is InChI=1S/C17H16ClN3O/c1-2-12-6-3-4-9-15(12)19-11-16-20-21-17(22-16)13-7-5-8-14(18)10-13/h3-10,19H,2,11H2,1H3. The molecule has 0 atom stereocenters. The molecule has 1 aromatic heterocycles. The van der Waals surface area contributed by atoms with Gasteiger partial charge in [0.15, 0.2) is 0 Å². The molecular weight excluding hydrogens is 298 g/mol. The topological polar surface area (TPSA) is 51.0 Å². The molecule has 112 valence electrons. The fourth-order valence-corrected chi connectivity index (χ4v) is 2.43. The van der Waals surface area contributed by atoms with Gasteiger partial charge in [0.2, 0.25) is 11.8 Å². The molecule has 0 aliphatic rings. The molecule has 22 heavy (non-hydrogen) atoms. The van der Waals surface area contributed by atoms with Gasteiger partial charge in [-0.05, 0) is 36.2 Å². The van der Waals surface area contributed by atoms with Crippen LogP contribution in [0.15, 0.2) is 52.9 Å². The van der Waals surface area contributed by atoms with Crippen molar-refractivity contribution in [1.82, 2.24) is 10.2 Å². The summed E-state index contributed by atoms with van der Waals surface area (Å²) < 4.78 is 5.68. The number of hydrogen-bond acceptors (Lipinski definition) is 4. The van der Waals surface area contributed by atoms with Gasteiger partial charge < -0.3 is 9.73 Å². The van der Waals surface area contributed by atoms with Crippen LogP contribution in [0.3, 0.4) is 0 Å². The Labute approximate surface area is 134 Å². The highest BCUT2D eigenvalue weighted by Gasteiger charge is 2.09. The molecule has 1 heterocycles. The van der Waals surface area contributed by atoms with Crippen LogP contribution in [0.4, 0.5) is 5.69 Å². The quantitative estimate of drug-likeness (QED) is 0.750. The van der Waals surface area contributed by atoms with E-state index in [9.17, 15) is 0 Å². The molecule has 0 aliphatic heterocycles. The maximum atomic E-state index is 5.97. The number of aromatic nitrogens is 2. The first kappa shape index (κ1) is 14.6. The Morgan fingerprint density at radius 3 is 2.77 bits per heavy atom. The molecule has 0 aliphatic carbocycles. The van der Waals surface area contributed by atoms with Crippen molar-refractivity contribution in [2.45, 2.75) is 19.9 Å². The molecular formula is C17H16ClN3O. The Balaban J connectivity index is 1.72. The maximum Gasteiger partial charge on any atom is 0.247 e. The molecule has 0 unspecified atom stereocenters. The molecule has 1 N–H and O–H groups in total. The van der Waals surface area contributed by atoms with Gasteiger partial charge in [-0.3, -0.25) is 0 Å². The average Bonchev–Trinajstić information content (AvgIpc) is 3.02. The minimum atomic E-state index is 0.475. The Bertz CT molecular complexity index is 770. The lowest BCUT2D eigenvalue weighted by Crippen LogP contribution is -2.02. The largest absolute Gasteiger partial charge is 0.419 e.